The Morgan fingerprint density at radius 2 is 2.05 bits per heavy atom. The molecule has 0 radical (unpaired) electrons. The van der Waals surface area contributed by atoms with Crippen molar-refractivity contribution in [2.45, 2.75) is 32.2 Å². The van der Waals surface area contributed by atoms with Crippen LogP contribution in [0.5, 0.6) is 5.75 Å². The van der Waals surface area contributed by atoms with E-state index in [9.17, 15) is 0 Å². The SMILES string of the molecule is COc1ccccc1CNc1nc(C2CC2)nc(Cl)c1C. The number of hydrogen-bond donors (Lipinski definition) is 1. The smallest absolute Gasteiger partial charge is 0.137 e. The van der Waals surface area contributed by atoms with Crippen LogP contribution >= 0.6 is 11.6 Å². The minimum absolute atomic E-state index is 0.481. The maximum Gasteiger partial charge on any atom is 0.137 e. The van der Waals surface area contributed by atoms with Crippen LogP contribution in [0.1, 0.15) is 35.7 Å². The van der Waals surface area contributed by atoms with Crippen molar-refractivity contribution in [2.24, 2.45) is 0 Å². The summed E-state index contributed by atoms with van der Waals surface area (Å²) >= 11 is 6.22. The summed E-state index contributed by atoms with van der Waals surface area (Å²) in [5, 5.41) is 3.89. The highest BCUT2D eigenvalue weighted by Gasteiger charge is 2.28. The van der Waals surface area contributed by atoms with Gasteiger partial charge in [-0.05, 0) is 25.8 Å². The van der Waals surface area contributed by atoms with E-state index in [1.54, 1.807) is 7.11 Å². The van der Waals surface area contributed by atoms with E-state index in [2.05, 4.69) is 15.3 Å². The molecule has 1 N–H and O–H groups in total. The third kappa shape index (κ3) is 3.10. The highest BCUT2D eigenvalue weighted by Crippen LogP contribution is 2.39. The average molecular weight is 304 g/mol. The normalized spacial score (nSPS) is 14.0. The third-order valence-electron chi connectivity index (χ3n) is 3.69. The van der Waals surface area contributed by atoms with Gasteiger partial charge in [0, 0.05) is 23.6 Å². The highest BCUT2D eigenvalue weighted by atomic mass is 35.5. The fourth-order valence-electron chi connectivity index (χ4n) is 2.23. The van der Waals surface area contributed by atoms with E-state index in [4.69, 9.17) is 16.3 Å². The number of nitrogens with one attached hydrogen (secondary N) is 1. The van der Waals surface area contributed by atoms with Gasteiger partial charge in [0.2, 0.25) is 0 Å². The molecule has 1 saturated carbocycles. The number of anilines is 1. The monoisotopic (exact) mass is 303 g/mol. The summed E-state index contributed by atoms with van der Waals surface area (Å²) in [5.41, 5.74) is 1.97. The van der Waals surface area contributed by atoms with Crippen molar-refractivity contribution in [3.63, 3.8) is 0 Å². The van der Waals surface area contributed by atoms with Crippen molar-refractivity contribution in [1.29, 1.82) is 0 Å². The van der Waals surface area contributed by atoms with E-state index in [-0.39, 0.29) is 0 Å². The van der Waals surface area contributed by atoms with Crippen LogP contribution in [0.15, 0.2) is 24.3 Å². The summed E-state index contributed by atoms with van der Waals surface area (Å²) in [6.07, 6.45) is 2.32. The molecule has 0 saturated heterocycles. The van der Waals surface area contributed by atoms with Gasteiger partial charge in [0.05, 0.1) is 7.11 Å². The lowest BCUT2D eigenvalue weighted by atomic mass is 10.2. The number of nitrogens with zero attached hydrogens (tertiary/aromatic N) is 2. The molecule has 0 atom stereocenters. The molecule has 2 aromatic rings. The number of benzene rings is 1. The second kappa shape index (κ2) is 5.90. The van der Waals surface area contributed by atoms with Crippen molar-refractivity contribution >= 4 is 17.4 Å². The number of aromatic nitrogens is 2. The molecule has 21 heavy (non-hydrogen) atoms. The van der Waals surface area contributed by atoms with E-state index in [1.807, 2.05) is 31.2 Å². The quantitative estimate of drug-likeness (QED) is 0.850. The Kier molecular flexibility index (Phi) is 3.97. The first kappa shape index (κ1) is 14.1. The molecule has 1 heterocycles. The summed E-state index contributed by atoms with van der Waals surface area (Å²) in [5.74, 6) is 3.01. The number of hydrogen-bond acceptors (Lipinski definition) is 4. The second-order valence-corrected chi connectivity index (χ2v) is 5.64. The van der Waals surface area contributed by atoms with Crippen LogP contribution in [0.4, 0.5) is 5.82 Å². The lowest BCUT2D eigenvalue weighted by molar-refractivity contribution is 0.410. The Hall–Kier alpha value is -1.81. The molecule has 1 fully saturated rings. The second-order valence-electron chi connectivity index (χ2n) is 5.29. The molecule has 1 aromatic heterocycles. The van der Waals surface area contributed by atoms with E-state index in [0.29, 0.717) is 17.6 Å². The number of halogens is 1. The molecule has 1 aliphatic rings. The van der Waals surface area contributed by atoms with Crippen molar-refractivity contribution in [2.75, 3.05) is 12.4 Å². The van der Waals surface area contributed by atoms with E-state index in [1.165, 1.54) is 0 Å². The van der Waals surface area contributed by atoms with Gasteiger partial charge in [-0.2, -0.15) is 0 Å². The zero-order chi connectivity index (χ0) is 14.8. The zero-order valence-corrected chi connectivity index (χ0v) is 12.9. The van der Waals surface area contributed by atoms with Crippen LogP contribution < -0.4 is 10.1 Å². The van der Waals surface area contributed by atoms with E-state index < -0.39 is 0 Å². The van der Waals surface area contributed by atoms with Crippen molar-refractivity contribution < 1.29 is 4.74 Å². The molecular weight excluding hydrogens is 286 g/mol. The van der Waals surface area contributed by atoms with Crippen LogP contribution in [0.25, 0.3) is 0 Å². The van der Waals surface area contributed by atoms with Crippen LogP contribution in [-0.2, 0) is 6.54 Å². The Morgan fingerprint density at radius 3 is 2.76 bits per heavy atom. The maximum atomic E-state index is 6.22. The molecule has 5 heteroatoms. The zero-order valence-electron chi connectivity index (χ0n) is 12.2. The first-order chi connectivity index (χ1) is 10.2. The molecule has 0 bridgehead atoms. The number of rotatable bonds is 5. The summed E-state index contributed by atoms with van der Waals surface area (Å²) in [4.78, 5) is 8.99. The van der Waals surface area contributed by atoms with Crippen LogP contribution in [0.3, 0.4) is 0 Å². The topological polar surface area (TPSA) is 47.0 Å². The van der Waals surface area contributed by atoms with Crippen molar-refractivity contribution in [1.82, 2.24) is 9.97 Å². The van der Waals surface area contributed by atoms with E-state index >= 15 is 0 Å². The average Bonchev–Trinajstić information content (AvgIpc) is 3.33. The lowest BCUT2D eigenvalue weighted by Gasteiger charge is -2.13. The predicted molar refractivity (Wildman–Crippen MR) is 84.1 cm³/mol. The first-order valence-corrected chi connectivity index (χ1v) is 7.46. The van der Waals surface area contributed by atoms with Crippen LogP contribution in [0, 0.1) is 6.92 Å². The van der Waals surface area contributed by atoms with E-state index in [0.717, 1.165) is 41.4 Å². The number of ether oxygens (including phenoxy) is 1. The third-order valence-corrected chi connectivity index (χ3v) is 4.05. The molecule has 0 spiro atoms. The lowest BCUT2D eigenvalue weighted by Crippen LogP contribution is -2.07. The van der Waals surface area contributed by atoms with Gasteiger partial charge in [-0.1, -0.05) is 29.8 Å². The Morgan fingerprint density at radius 1 is 1.29 bits per heavy atom. The molecule has 3 rings (SSSR count). The summed E-state index contributed by atoms with van der Waals surface area (Å²) < 4.78 is 5.36. The number of methoxy groups -OCH3 is 1. The molecule has 1 aromatic carbocycles. The van der Waals surface area contributed by atoms with Gasteiger partial charge >= 0.3 is 0 Å². The number of para-hydroxylation sites is 1. The standard InChI is InChI=1S/C16H18ClN3O/c1-10-14(17)19-16(11-7-8-11)20-15(10)18-9-12-5-3-4-6-13(12)21-2/h3-6,11H,7-9H2,1-2H3,(H,18,19,20). The molecule has 4 nitrogen and oxygen atoms in total. The van der Waals surface area contributed by atoms with Crippen LogP contribution in [0.2, 0.25) is 5.15 Å². The maximum absolute atomic E-state index is 6.22. The predicted octanol–water partition coefficient (Wildman–Crippen LogP) is 3.94. The molecule has 110 valence electrons. The Bertz CT molecular complexity index is 656. The van der Waals surface area contributed by atoms with Gasteiger partial charge in [-0.15, -0.1) is 0 Å². The molecular formula is C16H18ClN3O. The summed E-state index contributed by atoms with van der Waals surface area (Å²) in [6, 6.07) is 7.94. The van der Waals surface area contributed by atoms with Gasteiger partial charge in [0.15, 0.2) is 0 Å². The van der Waals surface area contributed by atoms with Gasteiger partial charge in [-0.25, -0.2) is 9.97 Å². The van der Waals surface area contributed by atoms with Gasteiger partial charge < -0.3 is 10.1 Å². The minimum atomic E-state index is 0.481. The molecule has 0 unspecified atom stereocenters. The highest BCUT2D eigenvalue weighted by molar-refractivity contribution is 6.30. The van der Waals surface area contributed by atoms with Gasteiger partial charge in [0.25, 0.3) is 0 Å². The fourth-order valence-corrected chi connectivity index (χ4v) is 2.41. The first-order valence-electron chi connectivity index (χ1n) is 7.09. The minimum Gasteiger partial charge on any atom is -0.496 e. The Labute approximate surface area is 129 Å². The fraction of sp³-hybridized carbons (Fsp3) is 0.375. The largest absolute Gasteiger partial charge is 0.496 e. The van der Waals surface area contributed by atoms with Gasteiger partial charge in [0.1, 0.15) is 22.5 Å². The summed E-state index contributed by atoms with van der Waals surface area (Å²) in [6.45, 7) is 2.58. The van der Waals surface area contributed by atoms with Crippen LogP contribution in [-0.4, -0.2) is 17.1 Å². The molecule has 0 aliphatic heterocycles. The summed E-state index contributed by atoms with van der Waals surface area (Å²) in [7, 11) is 1.68. The van der Waals surface area contributed by atoms with Crippen molar-refractivity contribution in [3.05, 3.63) is 46.4 Å². The Balaban J connectivity index is 1.81. The van der Waals surface area contributed by atoms with Crippen molar-refractivity contribution in [3.8, 4) is 5.75 Å². The molecule has 0 amide bonds. The van der Waals surface area contributed by atoms with Gasteiger partial charge in [-0.3, -0.25) is 0 Å². The molecule has 1 aliphatic carbocycles.